The van der Waals surface area contributed by atoms with Gasteiger partial charge in [-0.25, -0.2) is 9.07 Å². The highest BCUT2D eigenvalue weighted by Gasteiger charge is 2.28. The van der Waals surface area contributed by atoms with Gasteiger partial charge in [0.1, 0.15) is 5.82 Å². The first-order chi connectivity index (χ1) is 13.6. The normalized spacial score (nSPS) is 18.9. The van der Waals surface area contributed by atoms with Crippen LogP contribution >= 0.6 is 0 Å². The molecule has 0 spiro atoms. The third-order valence-electron chi connectivity index (χ3n) is 4.81. The zero-order chi connectivity index (χ0) is 19.5. The fourth-order valence-corrected chi connectivity index (χ4v) is 3.33. The number of aromatic nitrogens is 2. The lowest BCUT2D eigenvalue weighted by molar-refractivity contribution is -0.123. The number of benzene rings is 2. The standard InChI is InChI=1S/C21H21FN4O2/c22-16-8-6-14(7-9-16)20-15(11-24-21(28)19-10-18(27)12-23-19)13-26(25-20)17-4-2-1-3-5-17/h1-9,13,18-19,23,27H,10-12H2,(H,24,28). The lowest BCUT2D eigenvalue weighted by atomic mass is 10.1. The SMILES string of the molecule is O=C(NCc1cn(-c2ccccc2)nc1-c1ccc(F)cc1)C1CC(O)CN1. The largest absolute Gasteiger partial charge is 0.392 e. The fourth-order valence-electron chi connectivity index (χ4n) is 3.33. The van der Waals surface area contributed by atoms with Crippen molar-refractivity contribution in [3.63, 3.8) is 0 Å². The molecule has 2 heterocycles. The second-order valence-corrected chi connectivity index (χ2v) is 6.86. The van der Waals surface area contributed by atoms with Crippen molar-refractivity contribution in [3.05, 3.63) is 72.2 Å². The average molecular weight is 380 g/mol. The Bertz CT molecular complexity index is 956. The van der Waals surface area contributed by atoms with Crippen LogP contribution in [0.25, 0.3) is 16.9 Å². The minimum atomic E-state index is -0.494. The third kappa shape index (κ3) is 3.95. The smallest absolute Gasteiger partial charge is 0.237 e. The van der Waals surface area contributed by atoms with E-state index in [1.807, 2.05) is 36.5 Å². The Hall–Kier alpha value is -3.03. The van der Waals surface area contributed by atoms with Gasteiger partial charge in [-0.1, -0.05) is 18.2 Å². The molecule has 28 heavy (non-hydrogen) atoms. The van der Waals surface area contributed by atoms with Gasteiger partial charge in [0.05, 0.1) is 23.5 Å². The Kier molecular flexibility index (Phi) is 5.18. The number of para-hydroxylation sites is 1. The summed E-state index contributed by atoms with van der Waals surface area (Å²) >= 11 is 0. The molecule has 1 aliphatic rings. The molecule has 0 aliphatic carbocycles. The van der Waals surface area contributed by atoms with E-state index in [0.717, 1.165) is 16.8 Å². The Morgan fingerprint density at radius 3 is 2.64 bits per heavy atom. The third-order valence-corrected chi connectivity index (χ3v) is 4.81. The van der Waals surface area contributed by atoms with Gasteiger partial charge in [-0.15, -0.1) is 0 Å². The van der Waals surface area contributed by atoms with E-state index in [0.29, 0.717) is 18.7 Å². The maximum Gasteiger partial charge on any atom is 0.237 e. The summed E-state index contributed by atoms with van der Waals surface area (Å²) in [6.07, 6.45) is 1.77. The topological polar surface area (TPSA) is 79.2 Å². The van der Waals surface area contributed by atoms with E-state index in [-0.39, 0.29) is 18.3 Å². The van der Waals surface area contributed by atoms with E-state index >= 15 is 0 Å². The first-order valence-corrected chi connectivity index (χ1v) is 9.19. The van der Waals surface area contributed by atoms with Crippen molar-refractivity contribution in [2.75, 3.05) is 6.54 Å². The van der Waals surface area contributed by atoms with E-state index in [4.69, 9.17) is 0 Å². The highest BCUT2D eigenvalue weighted by atomic mass is 19.1. The van der Waals surface area contributed by atoms with Gasteiger partial charge in [-0.05, 0) is 42.8 Å². The Morgan fingerprint density at radius 2 is 1.96 bits per heavy atom. The van der Waals surface area contributed by atoms with Crippen LogP contribution in [0.15, 0.2) is 60.8 Å². The van der Waals surface area contributed by atoms with Crippen LogP contribution in [0, 0.1) is 5.82 Å². The summed E-state index contributed by atoms with van der Waals surface area (Å²) in [5, 5.41) is 20.2. The molecular weight excluding hydrogens is 359 g/mol. The minimum Gasteiger partial charge on any atom is -0.392 e. The zero-order valence-corrected chi connectivity index (χ0v) is 15.2. The molecule has 2 unspecified atom stereocenters. The van der Waals surface area contributed by atoms with Gasteiger partial charge in [-0.3, -0.25) is 4.79 Å². The predicted molar refractivity (Wildman–Crippen MR) is 103 cm³/mol. The molecule has 144 valence electrons. The quantitative estimate of drug-likeness (QED) is 0.633. The molecule has 2 aromatic carbocycles. The van der Waals surface area contributed by atoms with Gasteiger partial charge in [0.25, 0.3) is 0 Å². The molecule has 7 heteroatoms. The summed E-state index contributed by atoms with van der Waals surface area (Å²) in [7, 11) is 0. The molecule has 2 atom stereocenters. The number of β-amino-alcohol motifs (C(OH)–C–C–N with tert-alkyl or cyclic N) is 1. The van der Waals surface area contributed by atoms with Crippen LogP contribution < -0.4 is 10.6 Å². The van der Waals surface area contributed by atoms with Gasteiger partial charge >= 0.3 is 0 Å². The molecule has 1 fully saturated rings. The van der Waals surface area contributed by atoms with Gasteiger partial charge in [-0.2, -0.15) is 5.10 Å². The van der Waals surface area contributed by atoms with Crippen molar-refractivity contribution >= 4 is 5.91 Å². The molecule has 4 rings (SSSR count). The molecule has 1 aliphatic heterocycles. The van der Waals surface area contributed by atoms with E-state index in [2.05, 4.69) is 15.7 Å². The summed E-state index contributed by atoms with van der Waals surface area (Å²) < 4.78 is 15.1. The van der Waals surface area contributed by atoms with Gasteiger partial charge in [0.2, 0.25) is 5.91 Å². The van der Waals surface area contributed by atoms with Crippen molar-refractivity contribution in [1.29, 1.82) is 0 Å². The van der Waals surface area contributed by atoms with Crippen LogP contribution in [0.4, 0.5) is 4.39 Å². The van der Waals surface area contributed by atoms with Gasteiger partial charge in [0.15, 0.2) is 0 Å². The zero-order valence-electron chi connectivity index (χ0n) is 15.2. The monoisotopic (exact) mass is 380 g/mol. The number of hydrogen-bond acceptors (Lipinski definition) is 4. The molecule has 3 N–H and O–H groups in total. The molecule has 1 aromatic heterocycles. The molecule has 3 aromatic rings. The average Bonchev–Trinajstić information content (AvgIpc) is 3.34. The highest BCUT2D eigenvalue weighted by Crippen LogP contribution is 2.24. The van der Waals surface area contributed by atoms with Crippen LogP contribution in [0.5, 0.6) is 0 Å². The number of aliphatic hydroxyl groups is 1. The molecule has 1 amide bonds. The molecule has 6 nitrogen and oxygen atoms in total. The lowest BCUT2D eigenvalue weighted by Gasteiger charge is -2.11. The summed E-state index contributed by atoms with van der Waals surface area (Å²) in [6, 6.07) is 15.4. The van der Waals surface area contributed by atoms with Crippen molar-refractivity contribution in [1.82, 2.24) is 20.4 Å². The number of nitrogens with zero attached hydrogens (tertiary/aromatic N) is 2. The van der Waals surface area contributed by atoms with E-state index in [9.17, 15) is 14.3 Å². The lowest BCUT2D eigenvalue weighted by Crippen LogP contribution is -2.40. The van der Waals surface area contributed by atoms with Crippen LogP contribution in [0.2, 0.25) is 0 Å². The molecule has 1 saturated heterocycles. The summed E-state index contributed by atoms with van der Waals surface area (Å²) in [6.45, 7) is 0.706. The summed E-state index contributed by atoms with van der Waals surface area (Å²) in [5.74, 6) is -0.471. The van der Waals surface area contributed by atoms with E-state index < -0.39 is 12.1 Å². The number of carbonyl (C=O) groups is 1. The summed E-state index contributed by atoms with van der Waals surface area (Å²) in [4.78, 5) is 12.4. The van der Waals surface area contributed by atoms with Gasteiger partial charge in [0, 0.05) is 30.4 Å². The Morgan fingerprint density at radius 1 is 1.21 bits per heavy atom. The first-order valence-electron chi connectivity index (χ1n) is 9.19. The molecule has 0 saturated carbocycles. The maximum atomic E-state index is 13.3. The van der Waals surface area contributed by atoms with Crippen molar-refractivity contribution in [3.8, 4) is 16.9 Å². The fraction of sp³-hybridized carbons (Fsp3) is 0.238. The molecule has 0 radical (unpaired) electrons. The Balaban J connectivity index is 1.60. The van der Waals surface area contributed by atoms with Crippen molar-refractivity contribution in [2.24, 2.45) is 0 Å². The summed E-state index contributed by atoms with van der Waals surface area (Å²) in [5.41, 5.74) is 3.17. The number of rotatable bonds is 5. The Labute approximate surface area is 162 Å². The number of nitrogens with one attached hydrogen (secondary N) is 2. The first kappa shape index (κ1) is 18.3. The molecule has 0 bridgehead atoms. The van der Waals surface area contributed by atoms with Crippen molar-refractivity contribution in [2.45, 2.75) is 25.1 Å². The number of hydrogen-bond donors (Lipinski definition) is 3. The predicted octanol–water partition coefficient (Wildman–Crippen LogP) is 2.02. The molecular formula is C21H21FN4O2. The van der Waals surface area contributed by atoms with Crippen LogP contribution in [0.3, 0.4) is 0 Å². The van der Waals surface area contributed by atoms with Crippen LogP contribution in [-0.4, -0.2) is 39.5 Å². The van der Waals surface area contributed by atoms with E-state index in [1.54, 1.807) is 16.8 Å². The number of amides is 1. The number of aliphatic hydroxyl groups excluding tert-OH is 1. The van der Waals surface area contributed by atoms with Gasteiger partial charge < -0.3 is 15.7 Å². The minimum absolute atomic E-state index is 0.158. The second kappa shape index (κ2) is 7.92. The highest BCUT2D eigenvalue weighted by molar-refractivity contribution is 5.82. The van der Waals surface area contributed by atoms with Crippen LogP contribution in [0.1, 0.15) is 12.0 Å². The maximum absolute atomic E-state index is 13.3. The van der Waals surface area contributed by atoms with Crippen molar-refractivity contribution < 1.29 is 14.3 Å². The van der Waals surface area contributed by atoms with E-state index in [1.165, 1.54) is 12.1 Å². The number of carbonyl (C=O) groups excluding carboxylic acids is 1. The number of halogens is 1. The second-order valence-electron chi connectivity index (χ2n) is 6.86. The van der Waals surface area contributed by atoms with Crippen LogP contribution in [-0.2, 0) is 11.3 Å².